The first kappa shape index (κ1) is 15.5. The predicted molar refractivity (Wildman–Crippen MR) is 85.5 cm³/mol. The van der Waals surface area contributed by atoms with Crippen molar-refractivity contribution in [3.05, 3.63) is 17.0 Å². The molecule has 6 heteroatoms. The third kappa shape index (κ3) is 2.36. The Morgan fingerprint density at radius 1 is 1.38 bits per heavy atom. The Bertz CT molecular complexity index is 646. The van der Waals surface area contributed by atoms with E-state index in [0.717, 1.165) is 17.7 Å². The lowest BCUT2D eigenvalue weighted by molar-refractivity contribution is 0.127. The molecule has 21 heavy (non-hydrogen) atoms. The van der Waals surface area contributed by atoms with Crippen LogP contribution < -0.4 is 10.5 Å². The first-order valence-electron chi connectivity index (χ1n) is 7.50. The average molecular weight is 329 g/mol. The Kier molecular flexibility index (Phi) is 3.52. The van der Waals surface area contributed by atoms with Crippen LogP contribution in [0.4, 0.5) is 0 Å². The normalized spacial score (nSPS) is 34.5. The highest BCUT2D eigenvalue weighted by atomic mass is 32.2. The third-order valence-electron chi connectivity index (χ3n) is 5.65. The van der Waals surface area contributed by atoms with E-state index in [2.05, 4.69) is 25.5 Å². The first-order chi connectivity index (χ1) is 9.69. The molecule has 0 aromatic carbocycles. The van der Waals surface area contributed by atoms with Gasteiger partial charge >= 0.3 is 0 Å². The second-order valence-electron chi connectivity index (χ2n) is 7.39. The number of nitrogens with two attached hydrogens (primary N) is 1. The molecule has 0 amide bonds. The molecule has 2 fully saturated rings. The third-order valence-corrected chi connectivity index (χ3v) is 8.67. The van der Waals surface area contributed by atoms with Crippen molar-refractivity contribution in [3.63, 3.8) is 0 Å². The van der Waals surface area contributed by atoms with Gasteiger partial charge in [-0.2, -0.15) is 0 Å². The SMILES string of the molecule is CC12CCC(C1)C(C)(C)C2NS(=O)(=O)c1ccc(CN)s1. The van der Waals surface area contributed by atoms with E-state index in [1.807, 2.05) is 0 Å². The molecular weight excluding hydrogens is 304 g/mol. The minimum Gasteiger partial charge on any atom is -0.326 e. The molecule has 2 aliphatic rings. The lowest BCUT2D eigenvalue weighted by Gasteiger charge is -2.42. The summed E-state index contributed by atoms with van der Waals surface area (Å²) in [4.78, 5) is 0.897. The van der Waals surface area contributed by atoms with Gasteiger partial charge in [-0.25, -0.2) is 13.1 Å². The Morgan fingerprint density at radius 2 is 2.10 bits per heavy atom. The van der Waals surface area contributed by atoms with E-state index in [9.17, 15) is 8.42 Å². The highest BCUT2D eigenvalue weighted by molar-refractivity contribution is 7.91. The van der Waals surface area contributed by atoms with Crippen molar-refractivity contribution in [3.8, 4) is 0 Å². The van der Waals surface area contributed by atoms with Crippen LogP contribution in [-0.4, -0.2) is 14.5 Å². The van der Waals surface area contributed by atoms with Gasteiger partial charge in [-0.3, -0.25) is 0 Å². The molecule has 3 atom stereocenters. The Morgan fingerprint density at radius 3 is 2.62 bits per heavy atom. The van der Waals surface area contributed by atoms with Gasteiger partial charge in [0.2, 0.25) is 10.0 Å². The van der Waals surface area contributed by atoms with Crippen molar-refractivity contribution in [1.29, 1.82) is 0 Å². The van der Waals surface area contributed by atoms with Crippen LogP contribution in [-0.2, 0) is 16.6 Å². The maximum absolute atomic E-state index is 12.7. The van der Waals surface area contributed by atoms with Crippen LogP contribution in [0.2, 0.25) is 0 Å². The van der Waals surface area contributed by atoms with Gasteiger partial charge < -0.3 is 5.73 Å². The molecule has 3 N–H and O–H groups in total. The van der Waals surface area contributed by atoms with E-state index in [0.29, 0.717) is 16.7 Å². The van der Waals surface area contributed by atoms with Gasteiger partial charge in [0, 0.05) is 17.5 Å². The summed E-state index contributed by atoms with van der Waals surface area (Å²) in [7, 11) is -3.45. The molecule has 0 saturated heterocycles. The standard InChI is InChI=1S/C15H24N2O2S2/c1-14(2)10-6-7-15(3,8-10)13(14)17-21(18,19)12-5-4-11(9-16)20-12/h4-5,10,13,17H,6-9,16H2,1-3H3. The van der Waals surface area contributed by atoms with Crippen LogP contribution in [0.25, 0.3) is 0 Å². The highest BCUT2D eigenvalue weighted by Gasteiger charge is 2.60. The Hall–Kier alpha value is -0.430. The van der Waals surface area contributed by atoms with Gasteiger partial charge in [-0.05, 0) is 48.1 Å². The molecule has 2 aliphatic carbocycles. The summed E-state index contributed by atoms with van der Waals surface area (Å²) in [5, 5.41) is 0. The summed E-state index contributed by atoms with van der Waals surface area (Å²) >= 11 is 1.27. The smallest absolute Gasteiger partial charge is 0.250 e. The summed E-state index contributed by atoms with van der Waals surface area (Å²) < 4.78 is 28.8. The number of nitrogens with one attached hydrogen (secondary N) is 1. The van der Waals surface area contributed by atoms with E-state index in [1.165, 1.54) is 17.8 Å². The molecule has 2 bridgehead atoms. The Labute approximate surface area is 131 Å². The molecule has 0 radical (unpaired) electrons. The first-order valence-corrected chi connectivity index (χ1v) is 9.80. The summed E-state index contributed by atoms with van der Waals surface area (Å²) in [5.41, 5.74) is 5.69. The maximum Gasteiger partial charge on any atom is 0.250 e. The number of hydrogen-bond acceptors (Lipinski definition) is 4. The van der Waals surface area contributed by atoms with Gasteiger partial charge in [-0.15, -0.1) is 11.3 Å². The van der Waals surface area contributed by atoms with Crippen LogP contribution >= 0.6 is 11.3 Å². The van der Waals surface area contributed by atoms with E-state index in [1.54, 1.807) is 12.1 Å². The molecular formula is C15H24N2O2S2. The minimum absolute atomic E-state index is 0.0113. The minimum atomic E-state index is -3.45. The predicted octanol–water partition coefficient (Wildman–Crippen LogP) is 2.70. The second kappa shape index (κ2) is 4.78. The molecule has 118 valence electrons. The lowest BCUT2D eigenvalue weighted by Crippen LogP contribution is -2.52. The van der Waals surface area contributed by atoms with E-state index < -0.39 is 10.0 Å². The quantitative estimate of drug-likeness (QED) is 0.892. The van der Waals surface area contributed by atoms with Gasteiger partial charge in [0.05, 0.1) is 0 Å². The topological polar surface area (TPSA) is 72.2 Å². The van der Waals surface area contributed by atoms with E-state index >= 15 is 0 Å². The van der Waals surface area contributed by atoms with Crippen LogP contribution in [0.3, 0.4) is 0 Å². The second-order valence-corrected chi connectivity index (χ2v) is 10.5. The van der Waals surface area contributed by atoms with Crippen molar-refractivity contribution in [2.75, 3.05) is 0 Å². The number of rotatable bonds is 4. The molecule has 0 aliphatic heterocycles. The van der Waals surface area contributed by atoms with Crippen LogP contribution in [0, 0.1) is 16.7 Å². The molecule has 1 aromatic heterocycles. The van der Waals surface area contributed by atoms with Crippen molar-refractivity contribution in [2.45, 2.75) is 56.8 Å². The van der Waals surface area contributed by atoms with Crippen molar-refractivity contribution in [1.82, 2.24) is 4.72 Å². The van der Waals surface area contributed by atoms with Gasteiger partial charge in [0.25, 0.3) is 0 Å². The van der Waals surface area contributed by atoms with Gasteiger partial charge in [0.15, 0.2) is 0 Å². The van der Waals surface area contributed by atoms with Crippen molar-refractivity contribution < 1.29 is 8.42 Å². The molecule has 1 aromatic rings. The average Bonchev–Trinajstić information content (AvgIpc) is 3.06. The molecule has 3 rings (SSSR count). The maximum atomic E-state index is 12.7. The van der Waals surface area contributed by atoms with Crippen LogP contribution in [0.5, 0.6) is 0 Å². The fraction of sp³-hybridized carbons (Fsp3) is 0.733. The van der Waals surface area contributed by atoms with Gasteiger partial charge in [-0.1, -0.05) is 20.8 Å². The summed E-state index contributed by atoms with van der Waals surface area (Å²) in [5.74, 6) is 0.623. The van der Waals surface area contributed by atoms with Gasteiger partial charge in [0.1, 0.15) is 4.21 Å². The van der Waals surface area contributed by atoms with Crippen molar-refractivity contribution in [2.24, 2.45) is 22.5 Å². The lowest BCUT2D eigenvalue weighted by atomic mass is 9.69. The van der Waals surface area contributed by atoms with Crippen LogP contribution in [0.15, 0.2) is 16.3 Å². The number of fused-ring (bicyclic) bond motifs is 2. The largest absolute Gasteiger partial charge is 0.326 e. The zero-order valence-corrected chi connectivity index (χ0v) is 14.5. The van der Waals surface area contributed by atoms with Crippen LogP contribution in [0.1, 0.15) is 44.9 Å². The van der Waals surface area contributed by atoms with Crippen molar-refractivity contribution >= 4 is 21.4 Å². The summed E-state index contributed by atoms with van der Waals surface area (Å²) in [6.07, 6.45) is 3.47. The monoisotopic (exact) mass is 328 g/mol. The number of hydrogen-bond donors (Lipinski definition) is 2. The van der Waals surface area contributed by atoms with E-state index in [4.69, 9.17) is 5.73 Å². The summed E-state index contributed by atoms with van der Waals surface area (Å²) in [6.45, 7) is 7.02. The molecule has 0 spiro atoms. The Balaban J connectivity index is 1.89. The fourth-order valence-electron chi connectivity index (χ4n) is 4.42. The fourth-order valence-corrected chi connectivity index (χ4v) is 7.20. The zero-order valence-electron chi connectivity index (χ0n) is 12.8. The molecule has 4 nitrogen and oxygen atoms in total. The zero-order chi connectivity index (χ0) is 15.5. The molecule has 2 saturated carbocycles. The summed E-state index contributed by atoms with van der Waals surface area (Å²) in [6, 6.07) is 3.47. The number of thiophene rings is 1. The molecule has 1 heterocycles. The number of sulfonamides is 1. The van der Waals surface area contributed by atoms with E-state index in [-0.39, 0.29) is 16.9 Å². The molecule has 3 unspecified atom stereocenters. The highest BCUT2D eigenvalue weighted by Crippen LogP contribution is 2.62.